The lowest BCUT2D eigenvalue weighted by Gasteiger charge is -2.04. The predicted octanol–water partition coefficient (Wildman–Crippen LogP) is 3.40. The summed E-state index contributed by atoms with van der Waals surface area (Å²) in [6.07, 6.45) is 1.68. The van der Waals surface area contributed by atoms with Gasteiger partial charge in [0.25, 0.3) is 0 Å². The average molecular weight is 325 g/mol. The highest BCUT2D eigenvalue weighted by Gasteiger charge is 2.10. The number of aryl methyl sites for hydroxylation is 1. The summed E-state index contributed by atoms with van der Waals surface area (Å²) in [7, 11) is 0. The van der Waals surface area contributed by atoms with Gasteiger partial charge in [0.1, 0.15) is 10.9 Å². The maximum absolute atomic E-state index is 11.0. The minimum absolute atomic E-state index is 0.241. The van der Waals surface area contributed by atoms with Crippen molar-refractivity contribution in [2.24, 2.45) is 0 Å². The quantitative estimate of drug-likeness (QED) is 0.877. The molecule has 92 valence electrons. The number of nitrogens with zero attached hydrogens (tertiary/aromatic N) is 2. The van der Waals surface area contributed by atoms with Crippen molar-refractivity contribution >= 4 is 33.7 Å². The first kappa shape index (κ1) is 13.0. The van der Waals surface area contributed by atoms with E-state index < -0.39 is 5.97 Å². The summed E-state index contributed by atoms with van der Waals surface area (Å²) in [6, 6.07) is 6.98. The molecule has 2 aromatic rings. The molecule has 0 saturated carbocycles. The normalized spacial score (nSPS) is 10.3. The Morgan fingerprint density at radius 1 is 1.39 bits per heavy atom. The Kier molecular flexibility index (Phi) is 3.98. The zero-order valence-electron chi connectivity index (χ0n) is 9.42. The first-order chi connectivity index (χ1) is 8.56. The number of halogens is 1. The molecule has 1 N–H and O–H groups in total. The van der Waals surface area contributed by atoms with Gasteiger partial charge in [0.05, 0.1) is 5.56 Å². The summed E-state index contributed by atoms with van der Waals surface area (Å²) in [4.78, 5) is 20.1. The number of hydrogen-bond donors (Lipinski definition) is 1. The van der Waals surface area contributed by atoms with Crippen LogP contribution < -0.4 is 0 Å². The van der Waals surface area contributed by atoms with Crippen LogP contribution in [0, 0.1) is 6.92 Å². The van der Waals surface area contributed by atoms with Gasteiger partial charge in [0.15, 0.2) is 0 Å². The number of benzene rings is 1. The molecule has 4 nitrogen and oxygen atoms in total. The van der Waals surface area contributed by atoms with Crippen LogP contribution in [0.2, 0.25) is 0 Å². The topological polar surface area (TPSA) is 63.1 Å². The number of carboxylic acids is 1. The molecule has 1 heterocycles. The maximum atomic E-state index is 11.0. The highest BCUT2D eigenvalue weighted by Crippen LogP contribution is 2.29. The van der Waals surface area contributed by atoms with Gasteiger partial charge in [-0.25, -0.2) is 14.8 Å². The lowest BCUT2D eigenvalue weighted by Crippen LogP contribution is -1.97. The SMILES string of the molecule is Cc1nccc(Sc2ccc(Br)c(C(=O)O)c2)n1. The van der Waals surface area contributed by atoms with E-state index in [1.165, 1.54) is 11.8 Å². The molecule has 0 aliphatic carbocycles. The smallest absolute Gasteiger partial charge is 0.336 e. The summed E-state index contributed by atoms with van der Waals surface area (Å²) >= 11 is 4.62. The van der Waals surface area contributed by atoms with E-state index in [2.05, 4.69) is 25.9 Å². The molecule has 18 heavy (non-hydrogen) atoms. The van der Waals surface area contributed by atoms with Crippen molar-refractivity contribution < 1.29 is 9.90 Å². The van der Waals surface area contributed by atoms with E-state index in [1.54, 1.807) is 24.4 Å². The van der Waals surface area contributed by atoms with E-state index in [-0.39, 0.29) is 5.56 Å². The lowest BCUT2D eigenvalue weighted by atomic mass is 10.2. The van der Waals surface area contributed by atoms with Gasteiger partial charge in [-0.1, -0.05) is 11.8 Å². The largest absolute Gasteiger partial charge is 0.478 e. The Balaban J connectivity index is 2.30. The van der Waals surface area contributed by atoms with Gasteiger partial charge in [-0.2, -0.15) is 0 Å². The Hall–Kier alpha value is -1.40. The molecular formula is C12H9BrN2O2S. The molecule has 0 aliphatic rings. The van der Waals surface area contributed by atoms with E-state index in [4.69, 9.17) is 5.11 Å². The molecule has 0 bridgehead atoms. The van der Waals surface area contributed by atoms with E-state index >= 15 is 0 Å². The van der Waals surface area contributed by atoms with Crippen LogP contribution in [0.1, 0.15) is 16.2 Å². The van der Waals surface area contributed by atoms with Crippen LogP contribution in [0.4, 0.5) is 0 Å². The Morgan fingerprint density at radius 2 is 2.17 bits per heavy atom. The third-order valence-electron chi connectivity index (χ3n) is 2.14. The summed E-state index contributed by atoms with van der Waals surface area (Å²) in [6.45, 7) is 1.81. The minimum atomic E-state index is -0.955. The Bertz CT molecular complexity index is 604. The number of carboxylic acid groups (broad SMARTS) is 1. The van der Waals surface area contributed by atoms with E-state index in [0.29, 0.717) is 10.3 Å². The van der Waals surface area contributed by atoms with Crippen molar-refractivity contribution in [2.45, 2.75) is 16.8 Å². The molecule has 0 saturated heterocycles. The zero-order valence-corrected chi connectivity index (χ0v) is 11.8. The van der Waals surface area contributed by atoms with Crippen molar-refractivity contribution in [2.75, 3.05) is 0 Å². The Morgan fingerprint density at radius 3 is 2.83 bits per heavy atom. The first-order valence-electron chi connectivity index (χ1n) is 5.06. The van der Waals surface area contributed by atoms with Crippen LogP contribution in [0.25, 0.3) is 0 Å². The van der Waals surface area contributed by atoms with E-state index in [9.17, 15) is 4.79 Å². The molecule has 0 atom stereocenters. The van der Waals surface area contributed by atoms with Gasteiger partial charge < -0.3 is 5.11 Å². The maximum Gasteiger partial charge on any atom is 0.336 e. The van der Waals surface area contributed by atoms with Crippen LogP contribution in [0.3, 0.4) is 0 Å². The molecule has 6 heteroatoms. The monoisotopic (exact) mass is 324 g/mol. The molecule has 1 aromatic carbocycles. The standard InChI is InChI=1S/C12H9BrN2O2S/c1-7-14-5-4-11(15-7)18-8-2-3-10(13)9(6-8)12(16)17/h2-6H,1H3,(H,16,17). The fourth-order valence-electron chi connectivity index (χ4n) is 1.34. The van der Waals surface area contributed by atoms with Crippen molar-refractivity contribution in [3.05, 3.63) is 46.3 Å². The number of aromatic nitrogens is 2. The number of carbonyl (C=O) groups is 1. The summed E-state index contributed by atoms with van der Waals surface area (Å²) in [5.41, 5.74) is 0.241. The lowest BCUT2D eigenvalue weighted by molar-refractivity contribution is 0.0695. The molecule has 0 aliphatic heterocycles. The van der Waals surface area contributed by atoms with Crippen LogP contribution >= 0.6 is 27.7 Å². The molecule has 0 fully saturated rings. The fourth-order valence-corrected chi connectivity index (χ4v) is 2.62. The highest BCUT2D eigenvalue weighted by molar-refractivity contribution is 9.10. The number of hydrogen-bond acceptors (Lipinski definition) is 4. The summed E-state index contributed by atoms with van der Waals surface area (Å²) in [5, 5.41) is 9.83. The van der Waals surface area contributed by atoms with Crippen LogP contribution in [-0.2, 0) is 0 Å². The van der Waals surface area contributed by atoms with Gasteiger partial charge in [-0.3, -0.25) is 0 Å². The molecular weight excluding hydrogens is 316 g/mol. The number of aromatic carboxylic acids is 1. The third-order valence-corrected chi connectivity index (χ3v) is 3.76. The summed E-state index contributed by atoms with van der Waals surface area (Å²) < 4.78 is 0.568. The van der Waals surface area contributed by atoms with Crippen molar-refractivity contribution in [1.82, 2.24) is 9.97 Å². The van der Waals surface area contributed by atoms with Crippen LogP contribution in [0.15, 0.2) is 44.9 Å². The van der Waals surface area contributed by atoms with Crippen LogP contribution in [0.5, 0.6) is 0 Å². The molecule has 0 unspecified atom stereocenters. The second-order valence-corrected chi connectivity index (χ2v) is 5.44. The fraction of sp³-hybridized carbons (Fsp3) is 0.0833. The van der Waals surface area contributed by atoms with Crippen molar-refractivity contribution in [3.63, 3.8) is 0 Å². The van der Waals surface area contributed by atoms with Gasteiger partial charge in [0, 0.05) is 15.6 Å². The van der Waals surface area contributed by atoms with Gasteiger partial charge in [-0.05, 0) is 47.1 Å². The van der Waals surface area contributed by atoms with Crippen LogP contribution in [-0.4, -0.2) is 21.0 Å². The first-order valence-corrected chi connectivity index (χ1v) is 6.67. The third kappa shape index (κ3) is 3.08. The van der Waals surface area contributed by atoms with E-state index in [1.807, 2.05) is 13.0 Å². The second kappa shape index (κ2) is 5.49. The number of rotatable bonds is 3. The van der Waals surface area contributed by atoms with Crippen molar-refractivity contribution in [1.29, 1.82) is 0 Å². The van der Waals surface area contributed by atoms with Crippen molar-refractivity contribution in [3.8, 4) is 0 Å². The second-order valence-electron chi connectivity index (χ2n) is 3.49. The molecule has 1 aromatic heterocycles. The molecule has 0 spiro atoms. The molecule has 0 radical (unpaired) electrons. The summed E-state index contributed by atoms with van der Waals surface area (Å²) in [5.74, 6) is -0.265. The van der Waals surface area contributed by atoms with Gasteiger partial charge in [-0.15, -0.1) is 0 Å². The molecule has 0 amide bonds. The molecule has 2 rings (SSSR count). The highest BCUT2D eigenvalue weighted by atomic mass is 79.9. The minimum Gasteiger partial charge on any atom is -0.478 e. The Labute approximate surface area is 117 Å². The average Bonchev–Trinajstić information content (AvgIpc) is 2.31. The van der Waals surface area contributed by atoms with Gasteiger partial charge >= 0.3 is 5.97 Å². The van der Waals surface area contributed by atoms with E-state index in [0.717, 1.165) is 9.92 Å². The zero-order chi connectivity index (χ0) is 13.1. The van der Waals surface area contributed by atoms with Gasteiger partial charge in [0.2, 0.25) is 0 Å². The predicted molar refractivity (Wildman–Crippen MR) is 72.0 cm³/mol.